The molecular weight excluding hydrogens is 210 g/mol. The summed E-state index contributed by atoms with van der Waals surface area (Å²) in [4.78, 5) is 10.4. The van der Waals surface area contributed by atoms with Gasteiger partial charge in [-0.2, -0.15) is 5.26 Å². The van der Waals surface area contributed by atoms with E-state index in [0.29, 0.717) is 11.4 Å². The molecule has 1 aromatic carbocycles. The smallest absolute Gasteiger partial charge is 0.120 e. The Morgan fingerprint density at radius 1 is 1.60 bits per heavy atom. The van der Waals surface area contributed by atoms with Gasteiger partial charge in [-0.25, -0.2) is 0 Å². The fourth-order valence-corrected chi connectivity index (χ4v) is 1.72. The Labute approximate surface area is 94.5 Å². The Bertz CT molecular complexity index is 383. The van der Waals surface area contributed by atoms with E-state index in [0.717, 1.165) is 11.8 Å². The molecule has 1 aromatic rings. The molecule has 0 radical (unpaired) electrons. The summed E-state index contributed by atoms with van der Waals surface area (Å²) in [5.74, 6) is -0.250. The molecule has 2 nitrogen and oxygen atoms in total. The summed E-state index contributed by atoms with van der Waals surface area (Å²) in [6.07, 6.45) is 1.24. The van der Waals surface area contributed by atoms with E-state index in [1.807, 2.05) is 19.1 Å². The zero-order valence-electron chi connectivity index (χ0n) is 8.48. The third-order valence-electron chi connectivity index (χ3n) is 2.38. The van der Waals surface area contributed by atoms with Gasteiger partial charge in [0.25, 0.3) is 0 Å². The molecule has 0 saturated carbocycles. The van der Waals surface area contributed by atoms with Crippen LogP contribution >= 0.6 is 11.6 Å². The number of carbonyl (C=O) groups excluding carboxylic acids is 1. The molecule has 0 spiro atoms. The van der Waals surface area contributed by atoms with E-state index in [1.54, 1.807) is 12.1 Å². The normalized spacial score (nSPS) is 13.9. The van der Waals surface area contributed by atoms with Crippen LogP contribution < -0.4 is 0 Å². The zero-order chi connectivity index (χ0) is 11.3. The van der Waals surface area contributed by atoms with E-state index in [9.17, 15) is 4.79 Å². The van der Waals surface area contributed by atoms with Gasteiger partial charge in [-0.1, -0.05) is 30.7 Å². The van der Waals surface area contributed by atoms with Crippen LogP contribution in [0.4, 0.5) is 0 Å². The topological polar surface area (TPSA) is 40.9 Å². The molecule has 0 fully saturated rings. The number of rotatable bonds is 4. The second-order valence-electron chi connectivity index (χ2n) is 3.54. The number of hydrogen-bond donors (Lipinski definition) is 0. The highest BCUT2D eigenvalue weighted by Crippen LogP contribution is 2.27. The highest BCUT2D eigenvalue weighted by molar-refractivity contribution is 6.30. The first-order chi connectivity index (χ1) is 7.19. The summed E-state index contributed by atoms with van der Waals surface area (Å²) >= 11 is 5.85. The Morgan fingerprint density at radius 2 is 2.33 bits per heavy atom. The fourth-order valence-electron chi connectivity index (χ4n) is 1.52. The molecule has 2 unspecified atom stereocenters. The molecule has 0 aliphatic heterocycles. The van der Waals surface area contributed by atoms with E-state index in [2.05, 4.69) is 6.07 Å². The van der Waals surface area contributed by atoms with E-state index in [-0.39, 0.29) is 11.8 Å². The first kappa shape index (κ1) is 11.7. The third kappa shape index (κ3) is 3.07. The molecular formula is C12H12ClNO. The molecule has 0 aliphatic rings. The average Bonchev–Trinajstić information content (AvgIpc) is 2.19. The molecule has 0 amide bonds. The van der Waals surface area contributed by atoms with Crippen molar-refractivity contribution < 1.29 is 4.79 Å². The minimum Gasteiger partial charge on any atom is -0.303 e. The summed E-state index contributed by atoms with van der Waals surface area (Å²) in [7, 11) is 0. The predicted octanol–water partition coefficient (Wildman–Crippen LogP) is 3.17. The van der Waals surface area contributed by atoms with Crippen molar-refractivity contribution in [2.75, 3.05) is 0 Å². The second-order valence-corrected chi connectivity index (χ2v) is 3.98. The van der Waals surface area contributed by atoms with Crippen LogP contribution in [0.5, 0.6) is 0 Å². The minimum atomic E-state index is -0.270. The van der Waals surface area contributed by atoms with Crippen molar-refractivity contribution in [1.29, 1.82) is 5.26 Å². The number of benzene rings is 1. The summed E-state index contributed by atoms with van der Waals surface area (Å²) in [6, 6.07) is 9.43. The quantitative estimate of drug-likeness (QED) is 0.733. The summed E-state index contributed by atoms with van der Waals surface area (Å²) in [5, 5.41) is 9.68. The van der Waals surface area contributed by atoms with Crippen molar-refractivity contribution in [2.24, 2.45) is 5.92 Å². The third-order valence-corrected chi connectivity index (χ3v) is 2.62. The first-order valence-electron chi connectivity index (χ1n) is 4.77. The predicted molar refractivity (Wildman–Crippen MR) is 59.7 cm³/mol. The van der Waals surface area contributed by atoms with E-state index in [1.165, 1.54) is 0 Å². The lowest BCUT2D eigenvalue weighted by Gasteiger charge is -2.15. The van der Waals surface area contributed by atoms with Crippen molar-refractivity contribution in [3.05, 3.63) is 34.9 Å². The van der Waals surface area contributed by atoms with Crippen LogP contribution in [-0.4, -0.2) is 6.29 Å². The van der Waals surface area contributed by atoms with Gasteiger partial charge >= 0.3 is 0 Å². The van der Waals surface area contributed by atoms with Crippen LogP contribution in [-0.2, 0) is 4.79 Å². The standard InChI is InChI=1S/C12H12ClNO/c1-9(5-6-15)12(8-14)10-3-2-4-11(13)7-10/h2-4,6-7,9,12H,5H2,1H3. The number of hydrogen-bond acceptors (Lipinski definition) is 2. The van der Waals surface area contributed by atoms with Crippen molar-refractivity contribution in [2.45, 2.75) is 19.3 Å². The molecule has 0 heterocycles. The van der Waals surface area contributed by atoms with Crippen LogP contribution in [0.2, 0.25) is 5.02 Å². The Kier molecular flexibility index (Phi) is 4.33. The maximum Gasteiger partial charge on any atom is 0.120 e. The summed E-state index contributed by atoms with van der Waals surface area (Å²) < 4.78 is 0. The van der Waals surface area contributed by atoms with Gasteiger partial charge in [0.15, 0.2) is 0 Å². The van der Waals surface area contributed by atoms with E-state index < -0.39 is 0 Å². The van der Waals surface area contributed by atoms with Gasteiger partial charge in [0.1, 0.15) is 6.29 Å². The van der Waals surface area contributed by atoms with Crippen LogP contribution in [0.15, 0.2) is 24.3 Å². The van der Waals surface area contributed by atoms with Gasteiger partial charge in [-0.3, -0.25) is 0 Å². The van der Waals surface area contributed by atoms with Gasteiger partial charge in [0, 0.05) is 11.4 Å². The fraction of sp³-hybridized carbons (Fsp3) is 0.333. The number of nitrogens with zero attached hydrogens (tertiary/aromatic N) is 1. The Balaban J connectivity index is 2.93. The lowest BCUT2D eigenvalue weighted by molar-refractivity contribution is -0.108. The minimum absolute atomic E-state index is 0.0194. The molecule has 15 heavy (non-hydrogen) atoms. The lowest BCUT2D eigenvalue weighted by Crippen LogP contribution is -2.08. The van der Waals surface area contributed by atoms with Crippen LogP contribution in [0.3, 0.4) is 0 Å². The van der Waals surface area contributed by atoms with E-state index >= 15 is 0 Å². The summed E-state index contributed by atoms with van der Waals surface area (Å²) in [5.41, 5.74) is 0.874. The van der Waals surface area contributed by atoms with Gasteiger partial charge < -0.3 is 4.79 Å². The van der Waals surface area contributed by atoms with Crippen LogP contribution in [0, 0.1) is 17.2 Å². The maximum absolute atomic E-state index is 10.4. The first-order valence-corrected chi connectivity index (χ1v) is 5.15. The van der Waals surface area contributed by atoms with Crippen molar-refractivity contribution in [3.8, 4) is 6.07 Å². The van der Waals surface area contributed by atoms with Crippen LogP contribution in [0.1, 0.15) is 24.8 Å². The Morgan fingerprint density at radius 3 is 2.87 bits per heavy atom. The number of carbonyl (C=O) groups is 1. The van der Waals surface area contributed by atoms with Crippen molar-refractivity contribution in [3.63, 3.8) is 0 Å². The second kappa shape index (κ2) is 5.53. The highest BCUT2D eigenvalue weighted by Gasteiger charge is 2.18. The molecule has 2 atom stereocenters. The van der Waals surface area contributed by atoms with Gasteiger partial charge in [-0.05, 0) is 23.6 Å². The molecule has 1 rings (SSSR count). The molecule has 0 bridgehead atoms. The monoisotopic (exact) mass is 221 g/mol. The maximum atomic E-state index is 10.4. The number of aldehydes is 1. The van der Waals surface area contributed by atoms with Crippen molar-refractivity contribution in [1.82, 2.24) is 0 Å². The Hall–Kier alpha value is -1.33. The molecule has 3 heteroatoms. The van der Waals surface area contributed by atoms with E-state index in [4.69, 9.17) is 16.9 Å². The van der Waals surface area contributed by atoms with Gasteiger partial charge in [-0.15, -0.1) is 0 Å². The number of nitriles is 1. The lowest BCUT2D eigenvalue weighted by atomic mass is 9.87. The zero-order valence-corrected chi connectivity index (χ0v) is 9.24. The molecule has 0 aromatic heterocycles. The largest absolute Gasteiger partial charge is 0.303 e. The number of halogens is 1. The molecule has 78 valence electrons. The highest BCUT2D eigenvalue weighted by atomic mass is 35.5. The molecule has 0 saturated heterocycles. The van der Waals surface area contributed by atoms with Crippen LogP contribution in [0.25, 0.3) is 0 Å². The molecule has 0 aliphatic carbocycles. The SMILES string of the molecule is CC(CC=O)C(C#N)c1cccc(Cl)c1. The van der Waals surface area contributed by atoms with Gasteiger partial charge in [0.05, 0.1) is 12.0 Å². The average molecular weight is 222 g/mol. The summed E-state index contributed by atoms with van der Waals surface area (Å²) in [6.45, 7) is 1.89. The molecule has 0 N–H and O–H groups in total. The van der Waals surface area contributed by atoms with Crippen molar-refractivity contribution >= 4 is 17.9 Å². The van der Waals surface area contributed by atoms with Gasteiger partial charge in [0.2, 0.25) is 0 Å².